The molecule has 0 radical (unpaired) electrons. The van der Waals surface area contributed by atoms with Gasteiger partial charge in [0.05, 0.1) is 14.2 Å². The maximum Gasteiger partial charge on any atom is 0.250 e. The highest BCUT2D eigenvalue weighted by atomic mass is 127. The van der Waals surface area contributed by atoms with Gasteiger partial charge in [-0.05, 0) is 55.5 Å². The maximum absolute atomic E-state index is 11.8. The molecule has 8 heteroatoms. The minimum Gasteiger partial charge on any atom is -0.493 e. The summed E-state index contributed by atoms with van der Waals surface area (Å²) in [4.78, 5) is 18.9. The number of hydrogen-bond donors (Lipinski definition) is 1. The van der Waals surface area contributed by atoms with Gasteiger partial charge in [-0.15, -0.1) is 24.0 Å². The number of fused-ring (bicyclic) bond motifs is 1. The Morgan fingerprint density at radius 1 is 1.13 bits per heavy atom. The molecule has 7 nitrogen and oxygen atoms in total. The van der Waals surface area contributed by atoms with E-state index in [1.807, 2.05) is 12.3 Å². The van der Waals surface area contributed by atoms with E-state index in [1.165, 1.54) is 11.1 Å². The standard InChI is InChI=1S/C23H32N4O3.HI/c1-4-24-23(25-11-6-8-13-26-12-7-5-9-22(26)28)27-14-10-18-15-20(29-2)21(30-3)16-19(18)17-27;/h5,7,9,12,15-16H,4,6,8,10-11,13-14,17H2,1-3H3,(H,24,25);1H. The summed E-state index contributed by atoms with van der Waals surface area (Å²) in [5.41, 5.74) is 2.59. The summed E-state index contributed by atoms with van der Waals surface area (Å²) in [6.45, 7) is 6.08. The van der Waals surface area contributed by atoms with Crippen molar-refractivity contribution in [3.63, 3.8) is 0 Å². The van der Waals surface area contributed by atoms with E-state index < -0.39 is 0 Å². The highest BCUT2D eigenvalue weighted by Crippen LogP contribution is 2.33. The summed E-state index contributed by atoms with van der Waals surface area (Å²) >= 11 is 0. The Balaban J connectivity index is 0.00000341. The number of benzene rings is 1. The predicted molar refractivity (Wildman–Crippen MR) is 135 cm³/mol. The van der Waals surface area contributed by atoms with Crippen LogP contribution in [-0.2, 0) is 19.5 Å². The third kappa shape index (κ3) is 6.62. The number of methoxy groups -OCH3 is 2. The number of halogens is 1. The highest BCUT2D eigenvalue weighted by Gasteiger charge is 2.21. The second kappa shape index (κ2) is 12.6. The normalized spacial score (nSPS) is 13.3. The number of rotatable bonds is 8. The molecule has 0 unspecified atom stereocenters. The Morgan fingerprint density at radius 2 is 1.87 bits per heavy atom. The lowest BCUT2D eigenvalue weighted by Crippen LogP contribution is -2.44. The van der Waals surface area contributed by atoms with Crippen molar-refractivity contribution in [1.82, 2.24) is 14.8 Å². The predicted octanol–water partition coefficient (Wildman–Crippen LogP) is 3.29. The van der Waals surface area contributed by atoms with Crippen molar-refractivity contribution >= 4 is 29.9 Å². The molecule has 2 aromatic rings. The quantitative estimate of drug-likeness (QED) is 0.241. The zero-order chi connectivity index (χ0) is 21.3. The largest absolute Gasteiger partial charge is 0.493 e. The van der Waals surface area contributed by atoms with E-state index >= 15 is 0 Å². The number of nitrogens with one attached hydrogen (secondary N) is 1. The van der Waals surface area contributed by atoms with Crippen molar-refractivity contribution in [2.75, 3.05) is 33.9 Å². The van der Waals surface area contributed by atoms with Crippen LogP contribution in [0.4, 0.5) is 0 Å². The van der Waals surface area contributed by atoms with Crippen LogP contribution in [0.1, 0.15) is 30.9 Å². The number of pyridine rings is 1. The first kappa shape index (κ1) is 25.0. The number of aromatic nitrogens is 1. The van der Waals surface area contributed by atoms with Crippen molar-refractivity contribution < 1.29 is 9.47 Å². The molecule has 170 valence electrons. The maximum atomic E-state index is 11.8. The molecule has 0 aliphatic carbocycles. The van der Waals surface area contributed by atoms with Crippen molar-refractivity contribution in [3.05, 3.63) is 58.0 Å². The van der Waals surface area contributed by atoms with Crippen LogP contribution in [0.2, 0.25) is 0 Å². The topological polar surface area (TPSA) is 68.1 Å². The zero-order valence-corrected chi connectivity index (χ0v) is 20.9. The van der Waals surface area contributed by atoms with Gasteiger partial charge < -0.3 is 24.3 Å². The first-order valence-corrected chi connectivity index (χ1v) is 10.6. The van der Waals surface area contributed by atoms with Crippen LogP contribution < -0.4 is 20.3 Å². The Kier molecular flexibility index (Phi) is 10.2. The minimum absolute atomic E-state index is 0. The molecule has 1 N–H and O–H groups in total. The fourth-order valence-corrected chi connectivity index (χ4v) is 3.71. The number of ether oxygens (including phenoxy) is 2. The molecular weight excluding hydrogens is 507 g/mol. The molecule has 3 rings (SSSR count). The first-order chi connectivity index (χ1) is 14.7. The number of nitrogens with zero attached hydrogens (tertiary/aromatic N) is 3. The fraction of sp³-hybridized carbons (Fsp3) is 0.478. The summed E-state index contributed by atoms with van der Waals surface area (Å²) in [5, 5.41) is 3.42. The first-order valence-electron chi connectivity index (χ1n) is 10.6. The fourth-order valence-electron chi connectivity index (χ4n) is 3.71. The van der Waals surface area contributed by atoms with Gasteiger partial charge in [0.25, 0.3) is 0 Å². The Bertz CT molecular complexity index is 929. The monoisotopic (exact) mass is 540 g/mol. The Morgan fingerprint density at radius 3 is 2.55 bits per heavy atom. The number of aryl methyl sites for hydroxylation is 1. The highest BCUT2D eigenvalue weighted by molar-refractivity contribution is 14.0. The molecule has 1 aliphatic rings. The molecule has 1 aromatic carbocycles. The van der Waals surface area contributed by atoms with Crippen LogP contribution >= 0.6 is 24.0 Å². The molecule has 31 heavy (non-hydrogen) atoms. The number of aliphatic imine (C=N–C) groups is 1. The number of guanidine groups is 1. The van der Waals surface area contributed by atoms with Crippen molar-refractivity contribution in [3.8, 4) is 11.5 Å². The molecule has 0 atom stereocenters. The van der Waals surface area contributed by atoms with Crippen molar-refractivity contribution in [2.24, 2.45) is 4.99 Å². The molecule has 0 saturated carbocycles. The molecule has 0 fully saturated rings. The van der Waals surface area contributed by atoms with E-state index in [-0.39, 0.29) is 29.5 Å². The summed E-state index contributed by atoms with van der Waals surface area (Å²) in [5.74, 6) is 2.48. The van der Waals surface area contributed by atoms with Gasteiger partial charge in [-0.25, -0.2) is 0 Å². The molecule has 1 aliphatic heterocycles. The minimum atomic E-state index is 0. The number of hydrogen-bond acceptors (Lipinski definition) is 4. The average molecular weight is 540 g/mol. The SMILES string of the molecule is CCNC(=NCCCCn1ccccc1=O)N1CCc2cc(OC)c(OC)cc2C1.I. The lowest BCUT2D eigenvalue weighted by Gasteiger charge is -2.32. The summed E-state index contributed by atoms with van der Waals surface area (Å²) in [7, 11) is 3.34. The van der Waals surface area contributed by atoms with Gasteiger partial charge in [0.1, 0.15) is 0 Å². The molecular formula is C23H33IN4O3. The van der Waals surface area contributed by atoms with Gasteiger partial charge in [-0.1, -0.05) is 6.07 Å². The second-order valence-corrected chi connectivity index (χ2v) is 7.32. The van der Waals surface area contributed by atoms with Crippen molar-refractivity contribution in [2.45, 2.75) is 39.3 Å². The van der Waals surface area contributed by atoms with Crippen molar-refractivity contribution in [1.29, 1.82) is 0 Å². The van der Waals surface area contributed by atoms with E-state index in [0.717, 1.165) is 69.4 Å². The zero-order valence-electron chi connectivity index (χ0n) is 18.6. The van der Waals surface area contributed by atoms with Crippen LogP contribution in [0.25, 0.3) is 0 Å². The van der Waals surface area contributed by atoms with Gasteiger partial charge in [-0.3, -0.25) is 9.79 Å². The summed E-state index contributed by atoms with van der Waals surface area (Å²) in [6, 6.07) is 9.42. The van der Waals surface area contributed by atoms with Gasteiger partial charge in [0.15, 0.2) is 17.5 Å². The third-order valence-corrected chi connectivity index (χ3v) is 5.32. The number of unbranched alkanes of at least 4 members (excludes halogenated alkanes) is 1. The van der Waals surface area contributed by atoms with Crippen LogP contribution in [0.15, 0.2) is 46.3 Å². The lowest BCUT2D eigenvalue weighted by molar-refractivity contribution is 0.346. The summed E-state index contributed by atoms with van der Waals surface area (Å²) in [6.07, 6.45) is 4.64. The van der Waals surface area contributed by atoms with Crippen LogP contribution in [-0.4, -0.2) is 49.3 Å². The van der Waals surface area contributed by atoms with E-state index in [4.69, 9.17) is 14.5 Å². The van der Waals surface area contributed by atoms with Crippen LogP contribution in [0, 0.1) is 0 Å². The molecule has 0 bridgehead atoms. The van der Waals surface area contributed by atoms with Gasteiger partial charge in [-0.2, -0.15) is 0 Å². The smallest absolute Gasteiger partial charge is 0.250 e. The van der Waals surface area contributed by atoms with Gasteiger partial charge in [0.2, 0.25) is 5.56 Å². The molecule has 0 spiro atoms. The van der Waals surface area contributed by atoms with E-state index in [9.17, 15) is 4.79 Å². The Hall–Kier alpha value is -2.23. The van der Waals surface area contributed by atoms with E-state index in [2.05, 4.69) is 29.3 Å². The molecule has 2 heterocycles. The van der Waals surface area contributed by atoms with E-state index in [1.54, 1.807) is 30.9 Å². The Labute approximate surface area is 201 Å². The van der Waals surface area contributed by atoms with Crippen LogP contribution in [0.3, 0.4) is 0 Å². The molecule has 0 amide bonds. The van der Waals surface area contributed by atoms with Crippen LogP contribution in [0.5, 0.6) is 11.5 Å². The summed E-state index contributed by atoms with van der Waals surface area (Å²) < 4.78 is 12.7. The van der Waals surface area contributed by atoms with Gasteiger partial charge >= 0.3 is 0 Å². The van der Waals surface area contributed by atoms with E-state index in [0.29, 0.717) is 0 Å². The van der Waals surface area contributed by atoms with Gasteiger partial charge in [0, 0.05) is 45.0 Å². The lowest BCUT2D eigenvalue weighted by atomic mass is 9.99. The second-order valence-electron chi connectivity index (χ2n) is 7.32. The average Bonchev–Trinajstić information content (AvgIpc) is 2.77. The molecule has 1 aromatic heterocycles. The third-order valence-electron chi connectivity index (χ3n) is 5.32. The molecule has 0 saturated heterocycles.